The SMILES string of the molecule is COc1ccc(CC(=O)c2ccc(OP(=O)(O)Oc3ccccc3)cc2OC(C)=O)cc1. The van der Waals surface area contributed by atoms with Crippen LogP contribution in [0.25, 0.3) is 0 Å². The Hall–Kier alpha value is -3.61. The monoisotopic (exact) mass is 456 g/mol. The first-order valence-corrected chi connectivity index (χ1v) is 11.0. The van der Waals surface area contributed by atoms with Crippen LogP contribution in [0.4, 0.5) is 0 Å². The number of esters is 1. The average molecular weight is 456 g/mol. The first-order valence-electron chi connectivity index (χ1n) is 9.51. The Labute approximate surface area is 184 Å². The highest BCUT2D eigenvalue weighted by Crippen LogP contribution is 2.45. The normalized spacial score (nSPS) is 12.3. The molecule has 32 heavy (non-hydrogen) atoms. The molecule has 3 aromatic carbocycles. The molecule has 0 amide bonds. The summed E-state index contributed by atoms with van der Waals surface area (Å²) in [6.45, 7) is 1.18. The number of hydrogen-bond donors (Lipinski definition) is 1. The van der Waals surface area contributed by atoms with Gasteiger partial charge in [0.05, 0.1) is 12.7 Å². The molecule has 0 aliphatic heterocycles. The first-order chi connectivity index (χ1) is 15.3. The lowest BCUT2D eigenvalue weighted by atomic mass is 10.0. The molecule has 166 valence electrons. The lowest BCUT2D eigenvalue weighted by molar-refractivity contribution is -0.131. The third-order valence-electron chi connectivity index (χ3n) is 4.22. The summed E-state index contributed by atoms with van der Waals surface area (Å²) >= 11 is 0. The van der Waals surface area contributed by atoms with Crippen molar-refractivity contribution in [3.05, 3.63) is 83.9 Å². The lowest BCUT2D eigenvalue weighted by Crippen LogP contribution is -2.10. The van der Waals surface area contributed by atoms with Crippen molar-refractivity contribution in [2.45, 2.75) is 13.3 Å². The summed E-state index contributed by atoms with van der Waals surface area (Å²) in [7, 11) is -2.98. The number of carbonyl (C=O) groups is 2. The second-order valence-electron chi connectivity index (χ2n) is 6.66. The van der Waals surface area contributed by atoms with Gasteiger partial charge in [0.25, 0.3) is 0 Å². The summed E-state index contributed by atoms with van der Waals surface area (Å²) in [6, 6.07) is 18.8. The molecule has 0 aliphatic rings. The van der Waals surface area contributed by atoms with Gasteiger partial charge in [-0.05, 0) is 42.0 Å². The number of Topliss-reactive ketones (excluding diaryl/α,β-unsaturated/α-hetero) is 1. The number of phosphoric ester groups is 1. The van der Waals surface area contributed by atoms with Gasteiger partial charge in [0.1, 0.15) is 23.0 Å². The molecule has 1 unspecified atom stereocenters. The van der Waals surface area contributed by atoms with E-state index in [1.165, 1.54) is 37.3 Å². The third kappa shape index (κ3) is 6.44. The lowest BCUT2D eigenvalue weighted by Gasteiger charge is -2.15. The van der Waals surface area contributed by atoms with Gasteiger partial charge in [-0.2, -0.15) is 0 Å². The van der Waals surface area contributed by atoms with E-state index in [2.05, 4.69) is 0 Å². The predicted octanol–water partition coefficient (Wildman–Crippen LogP) is 4.60. The smallest absolute Gasteiger partial charge is 0.497 e. The summed E-state index contributed by atoms with van der Waals surface area (Å²) in [4.78, 5) is 34.4. The van der Waals surface area contributed by atoms with Gasteiger partial charge in [0, 0.05) is 19.4 Å². The van der Waals surface area contributed by atoms with Crippen LogP contribution in [0, 0.1) is 0 Å². The van der Waals surface area contributed by atoms with Crippen LogP contribution >= 0.6 is 7.82 Å². The zero-order valence-electron chi connectivity index (χ0n) is 17.4. The molecule has 0 radical (unpaired) electrons. The molecule has 3 rings (SSSR count). The van der Waals surface area contributed by atoms with Gasteiger partial charge < -0.3 is 18.5 Å². The summed E-state index contributed by atoms with van der Waals surface area (Å²) in [5.41, 5.74) is 0.862. The van der Waals surface area contributed by atoms with Crippen molar-refractivity contribution in [2.75, 3.05) is 7.11 Å². The minimum Gasteiger partial charge on any atom is -0.497 e. The second kappa shape index (κ2) is 10.1. The Morgan fingerprint density at radius 2 is 1.50 bits per heavy atom. The molecule has 0 fully saturated rings. The maximum Gasteiger partial charge on any atom is 0.584 e. The highest BCUT2D eigenvalue weighted by molar-refractivity contribution is 7.48. The number of hydrogen-bond acceptors (Lipinski definition) is 7. The molecule has 0 aromatic heterocycles. The van der Waals surface area contributed by atoms with Gasteiger partial charge in [-0.15, -0.1) is 0 Å². The molecule has 0 saturated carbocycles. The van der Waals surface area contributed by atoms with Crippen molar-refractivity contribution in [3.8, 4) is 23.0 Å². The first kappa shape index (κ1) is 23.1. The number of carbonyl (C=O) groups excluding carboxylic acids is 2. The maximum atomic E-state index is 12.8. The Kier molecular flexibility index (Phi) is 7.30. The Morgan fingerprint density at radius 3 is 2.12 bits per heavy atom. The molecule has 3 aromatic rings. The molecule has 8 nitrogen and oxygen atoms in total. The fourth-order valence-electron chi connectivity index (χ4n) is 2.82. The van der Waals surface area contributed by atoms with Gasteiger partial charge in [0.2, 0.25) is 0 Å². The summed E-state index contributed by atoms with van der Waals surface area (Å²) < 4.78 is 32.7. The van der Waals surface area contributed by atoms with Crippen LogP contribution in [0.2, 0.25) is 0 Å². The van der Waals surface area contributed by atoms with E-state index in [-0.39, 0.29) is 35.0 Å². The van der Waals surface area contributed by atoms with Crippen molar-refractivity contribution in [1.82, 2.24) is 0 Å². The van der Waals surface area contributed by atoms with Crippen molar-refractivity contribution in [2.24, 2.45) is 0 Å². The topological polar surface area (TPSA) is 108 Å². The van der Waals surface area contributed by atoms with Crippen molar-refractivity contribution < 1.29 is 37.6 Å². The van der Waals surface area contributed by atoms with E-state index < -0.39 is 13.8 Å². The minimum atomic E-state index is -4.53. The number of benzene rings is 3. The standard InChI is InChI=1S/C23H21O8P/c1-16(24)29-23-15-20(31-32(26,27)30-19-6-4-3-5-7-19)12-13-21(23)22(25)14-17-8-10-18(28-2)11-9-17/h3-13,15H,14H2,1-2H3,(H,26,27). The number of ether oxygens (including phenoxy) is 2. The highest BCUT2D eigenvalue weighted by Gasteiger charge is 2.26. The number of para-hydroxylation sites is 1. The van der Waals surface area contributed by atoms with Gasteiger partial charge >= 0.3 is 13.8 Å². The summed E-state index contributed by atoms with van der Waals surface area (Å²) in [5.74, 6) is -0.365. The van der Waals surface area contributed by atoms with Crippen LogP contribution in [0.15, 0.2) is 72.8 Å². The Balaban J connectivity index is 1.80. The van der Waals surface area contributed by atoms with Crippen molar-refractivity contribution in [1.29, 1.82) is 0 Å². The van der Waals surface area contributed by atoms with Gasteiger partial charge in [-0.1, -0.05) is 30.3 Å². The van der Waals surface area contributed by atoms with Gasteiger partial charge in [0.15, 0.2) is 5.78 Å². The van der Waals surface area contributed by atoms with E-state index in [4.69, 9.17) is 18.5 Å². The molecule has 0 aliphatic carbocycles. The largest absolute Gasteiger partial charge is 0.584 e. The zero-order chi connectivity index (χ0) is 23.1. The van der Waals surface area contributed by atoms with E-state index in [0.29, 0.717) is 5.75 Å². The average Bonchev–Trinajstić information content (AvgIpc) is 2.74. The van der Waals surface area contributed by atoms with Crippen LogP contribution in [-0.4, -0.2) is 23.8 Å². The Bertz CT molecular complexity index is 1140. The van der Waals surface area contributed by atoms with Crippen molar-refractivity contribution >= 4 is 19.6 Å². The van der Waals surface area contributed by atoms with Gasteiger partial charge in [-0.3, -0.25) is 14.5 Å². The molecule has 0 spiro atoms. The van der Waals surface area contributed by atoms with E-state index in [0.717, 1.165) is 5.56 Å². The molecule has 9 heteroatoms. The molecule has 0 saturated heterocycles. The highest BCUT2D eigenvalue weighted by atomic mass is 31.2. The van der Waals surface area contributed by atoms with E-state index in [1.54, 1.807) is 49.6 Å². The quantitative estimate of drug-likeness (QED) is 0.215. The third-order valence-corrected chi connectivity index (χ3v) is 5.10. The van der Waals surface area contributed by atoms with Crippen LogP contribution in [0.3, 0.4) is 0 Å². The zero-order valence-corrected chi connectivity index (χ0v) is 18.3. The molecule has 0 heterocycles. The van der Waals surface area contributed by atoms with E-state index >= 15 is 0 Å². The van der Waals surface area contributed by atoms with Crippen molar-refractivity contribution in [3.63, 3.8) is 0 Å². The number of phosphoric acid groups is 1. The summed E-state index contributed by atoms with van der Waals surface area (Å²) in [5, 5.41) is 0. The van der Waals surface area contributed by atoms with Crippen LogP contribution < -0.4 is 18.5 Å². The van der Waals surface area contributed by atoms with E-state index in [9.17, 15) is 19.0 Å². The number of ketones is 1. The second-order valence-corrected chi connectivity index (χ2v) is 7.97. The molecule has 0 bridgehead atoms. The Morgan fingerprint density at radius 1 is 0.875 bits per heavy atom. The molecule has 1 N–H and O–H groups in total. The van der Waals surface area contributed by atoms with E-state index in [1.807, 2.05) is 0 Å². The fraction of sp³-hybridized carbons (Fsp3) is 0.130. The van der Waals surface area contributed by atoms with Crippen LogP contribution in [0.1, 0.15) is 22.8 Å². The van der Waals surface area contributed by atoms with Crippen LogP contribution in [0.5, 0.6) is 23.0 Å². The molecular weight excluding hydrogens is 435 g/mol. The summed E-state index contributed by atoms with van der Waals surface area (Å²) in [6.07, 6.45) is 0.0497. The number of methoxy groups -OCH3 is 1. The van der Waals surface area contributed by atoms with Gasteiger partial charge in [-0.25, -0.2) is 4.57 Å². The predicted molar refractivity (Wildman–Crippen MR) is 116 cm³/mol. The minimum absolute atomic E-state index is 0.0497. The number of rotatable bonds is 9. The molecular formula is C23H21O8P. The fourth-order valence-corrected chi connectivity index (χ4v) is 3.62. The molecule has 1 atom stereocenters. The maximum absolute atomic E-state index is 12.8. The van der Waals surface area contributed by atoms with Crippen LogP contribution in [-0.2, 0) is 15.8 Å².